The fourth-order valence-electron chi connectivity index (χ4n) is 5.03. The topological polar surface area (TPSA) is 82.0 Å². The molecule has 0 heterocycles. The van der Waals surface area contributed by atoms with E-state index in [-0.39, 0.29) is 25.2 Å². The number of nitrogens with zero attached hydrogens (tertiary/aromatic N) is 1. The zero-order chi connectivity index (χ0) is 29.1. The first kappa shape index (κ1) is 29.0. The number of fused-ring (bicyclic) bond motifs is 1. The van der Waals surface area contributed by atoms with Crippen LogP contribution in [-0.4, -0.2) is 52.9 Å². The maximum atomic E-state index is 12.9. The van der Waals surface area contributed by atoms with Crippen LogP contribution in [0.2, 0.25) is 0 Å². The second-order valence-electron chi connectivity index (χ2n) is 10.4. The van der Waals surface area contributed by atoms with Crippen LogP contribution in [0.4, 0.5) is 5.69 Å². The minimum Gasteiger partial charge on any atom is -0.491 e. The molecule has 0 spiro atoms. The molecule has 0 fully saturated rings. The monoisotopic (exact) mass is 560 g/mol. The Morgan fingerprint density at radius 3 is 2.14 bits per heavy atom. The lowest BCUT2D eigenvalue weighted by atomic mass is 10.0. The van der Waals surface area contributed by atoms with Crippen molar-refractivity contribution < 1.29 is 19.7 Å². The normalized spacial score (nSPS) is 12.6. The van der Waals surface area contributed by atoms with E-state index in [1.54, 1.807) is 0 Å². The average molecular weight is 561 g/mol. The van der Waals surface area contributed by atoms with E-state index in [2.05, 4.69) is 10.2 Å². The number of anilines is 1. The Balaban J connectivity index is 1.23. The van der Waals surface area contributed by atoms with Gasteiger partial charge in [-0.2, -0.15) is 0 Å². The summed E-state index contributed by atoms with van der Waals surface area (Å²) in [7, 11) is 0. The Labute approximate surface area is 246 Å². The van der Waals surface area contributed by atoms with Crippen LogP contribution in [0.5, 0.6) is 5.75 Å². The summed E-state index contributed by atoms with van der Waals surface area (Å²) < 4.78 is 5.77. The summed E-state index contributed by atoms with van der Waals surface area (Å²) in [6, 6.07) is 40.6. The molecule has 0 unspecified atom stereocenters. The Kier molecular flexibility index (Phi) is 9.96. The van der Waals surface area contributed by atoms with Gasteiger partial charge in [-0.25, -0.2) is 0 Å². The van der Waals surface area contributed by atoms with Gasteiger partial charge in [0.2, 0.25) is 0 Å². The molecule has 5 rings (SSSR count). The summed E-state index contributed by atoms with van der Waals surface area (Å²) in [6.45, 7) is 1.000. The number of carbonyl (C=O) groups excluding carboxylic acids is 1. The maximum absolute atomic E-state index is 12.9. The molecule has 3 N–H and O–H groups in total. The molecule has 2 atom stereocenters. The van der Waals surface area contributed by atoms with Gasteiger partial charge in [0.15, 0.2) is 0 Å². The Morgan fingerprint density at radius 2 is 1.43 bits per heavy atom. The second kappa shape index (κ2) is 14.4. The minimum atomic E-state index is -0.740. The molecule has 0 aromatic heterocycles. The Bertz CT molecular complexity index is 1560. The highest BCUT2D eigenvalue weighted by molar-refractivity contribution is 6.06. The van der Waals surface area contributed by atoms with Crippen LogP contribution in [0.3, 0.4) is 0 Å². The molecule has 0 saturated heterocycles. The predicted octanol–water partition coefficient (Wildman–Crippen LogP) is 5.94. The van der Waals surface area contributed by atoms with E-state index in [0.717, 1.165) is 21.9 Å². The van der Waals surface area contributed by atoms with E-state index in [0.29, 0.717) is 36.5 Å². The number of aliphatic hydroxyl groups is 2. The zero-order valence-corrected chi connectivity index (χ0v) is 23.5. The van der Waals surface area contributed by atoms with Crippen LogP contribution in [0, 0.1) is 0 Å². The Hall–Kier alpha value is -4.49. The predicted molar refractivity (Wildman–Crippen MR) is 168 cm³/mol. The van der Waals surface area contributed by atoms with Gasteiger partial charge in [-0.05, 0) is 64.7 Å². The van der Waals surface area contributed by atoms with Gasteiger partial charge >= 0.3 is 0 Å². The fourth-order valence-corrected chi connectivity index (χ4v) is 5.03. The highest BCUT2D eigenvalue weighted by Gasteiger charge is 2.22. The number of para-hydroxylation sites is 1. The van der Waals surface area contributed by atoms with Crippen molar-refractivity contribution in [1.29, 1.82) is 0 Å². The lowest BCUT2D eigenvalue weighted by Gasteiger charge is -2.32. The molecule has 0 aliphatic heterocycles. The van der Waals surface area contributed by atoms with Crippen LogP contribution in [0.15, 0.2) is 127 Å². The molecule has 0 aliphatic rings. The van der Waals surface area contributed by atoms with Gasteiger partial charge in [0.05, 0.1) is 6.61 Å². The van der Waals surface area contributed by atoms with E-state index in [1.165, 1.54) is 0 Å². The van der Waals surface area contributed by atoms with Crippen molar-refractivity contribution in [3.63, 3.8) is 0 Å². The van der Waals surface area contributed by atoms with Crippen molar-refractivity contribution in [2.24, 2.45) is 0 Å². The third-order valence-corrected chi connectivity index (χ3v) is 7.28. The maximum Gasteiger partial charge on any atom is 0.255 e. The number of carbonyl (C=O) groups is 1. The molecule has 0 bridgehead atoms. The van der Waals surface area contributed by atoms with E-state index < -0.39 is 6.10 Å². The van der Waals surface area contributed by atoms with Crippen molar-refractivity contribution in [3.8, 4) is 5.75 Å². The van der Waals surface area contributed by atoms with E-state index in [9.17, 15) is 15.0 Å². The van der Waals surface area contributed by atoms with Crippen molar-refractivity contribution >= 4 is 22.4 Å². The van der Waals surface area contributed by atoms with Crippen LogP contribution in [-0.2, 0) is 13.0 Å². The SMILES string of the molecule is O=C(Nc1ccc(C[C@@H](CO)N(Cc2ccccc2)C[C@H](O)COc2ccccc2)cc1)c1ccc2ccccc2c1. The lowest BCUT2D eigenvalue weighted by Crippen LogP contribution is -2.44. The largest absolute Gasteiger partial charge is 0.491 e. The molecular formula is C36H36N2O4. The molecule has 0 saturated carbocycles. The van der Waals surface area contributed by atoms with Gasteiger partial charge in [0, 0.05) is 30.4 Å². The van der Waals surface area contributed by atoms with Gasteiger partial charge in [0.1, 0.15) is 18.5 Å². The van der Waals surface area contributed by atoms with E-state index >= 15 is 0 Å². The van der Waals surface area contributed by atoms with Gasteiger partial charge < -0.3 is 20.3 Å². The molecule has 6 nitrogen and oxygen atoms in total. The standard InChI is InChI=1S/C36H36N2O4/c39-25-33(38(23-28-9-3-1-4-10-28)24-34(40)26-42-35-13-5-2-6-14-35)21-27-15-19-32(20-16-27)37-36(41)31-18-17-29-11-7-8-12-30(29)22-31/h1-20,22,33-34,39-40H,21,23-26H2,(H,37,41)/t33-,34-/m0/s1. The minimum absolute atomic E-state index is 0.0699. The summed E-state index contributed by atoms with van der Waals surface area (Å²) in [5.74, 6) is 0.542. The first-order valence-corrected chi connectivity index (χ1v) is 14.2. The van der Waals surface area contributed by atoms with Crippen molar-refractivity contribution in [1.82, 2.24) is 4.90 Å². The number of benzene rings is 5. The van der Waals surface area contributed by atoms with Gasteiger partial charge in [-0.15, -0.1) is 0 Å². The van der Waals surface area contributed by atoms with E-state index in [1.807, 2.05) is 127 Å². The number of rotatable bonds is 13. The summed E-state index contributed by atoms with van der Waals surface area (Å²) in [5, 5.41) is 26.4. The molecule has 42 heavy (non-hydrogen) atoms. The first-order valence-electron chi connectivity index (χ1n) is 14.2. The number of amides is 1. The van der Waals surface area contributed by atoms with E-state index in [4.69, 9.17) is 4.74 Å². The number of hydrogen-bond donors (Lipinski definition) is 3. The lowest BCUT2D eigenvalue weighted by molar-refractivity contribution is 0.0335. The highest BCUT2D eigenvalue weighted by Crippen LogP contribution is 2.19. The van der Waals surface area contributed by atoms with Crippen LogP contribution in [0.1, 0.15) is 21.5 Å². The van der Waals surface area contributed by atoms with Gasteiger partial charge in [-0.1, -0.05) is 91.0 Å². The molecule has 6 heteroatoms. The van der Waals surface area contributed by atoms with Crippen molar-refractivity contribution in [2.45, 2.75) is 25.1 Å². The summed E-state index contributed by atoms with van der Waals surface area (Å²) in [4.78, 5) is 15.0. The third-order valence-electron chi connectivity index (χ3n) is 7.28. The number of ether oxygens (including phenoxy) is 1. The molecule has 1 amide bonds. The van der Waals surface area contributed by atoms with Crippen LogP contribution in [0.25, 0.3) is 10.8 Å². The first-order chi connectivity index (χ1) is 20.6. The molecule has 5 aromatic rings. The zero-order valence-electron chi connectivity index (χ0n) is 23.5. The number of hydrogen-bond acceptors (Lipinski definition) is 5. The average Bonchev–Trinajstić information content (AvgIpc) is 3.04. The fraction of sp³-hybridized carbons (Fsp3) is 0.194. The smallest absolute Gasteiger partial charge is 0.255 e. The molecule has 5 aromatic carbocycles. The van der Waals surface area contributed by atoms with Gasteiger partial charge in [0.25, 0.3) is 5.91 Å². The Morgan fingerprint density at radius 1 is 0.762 bits per heavy atom. The second-order valence-corrected chi connectivity index (χ2v) is 10.4. The quantitative estimate of drug-likeness (QED) is 0.166. The summed E-state index contributed by atoms with van der Waals surface area (Å²) in [6.07, 6.45) is -0.162. The molecule has 0 aliphatic carbocycles. The molecule has 214 valence electrons. The highest BCUT2D eigenvalue weighted by atomic mass is 16.5. The van der Waals surface area contributed by atoms with Gasteiger partial charge in [-0.3, -0.25) is 9.69 Å². The third kappa shape index (κ3) is 8.04. The number of nitrogens with one attached hydrogen (secondary N) is 1. The number of aliphatic hydroxyl groups excluding tert-OH is 2. The molecule has 0 radical (unpaired) electrons. The van der Waals surface area contributed by atoms with Crippen molar-refractivity contribution in [3.05, 3.63) is 144 Å². The van der Waals surface area contributed by atoms with Crippen molar-refractivity contribution in [2.75, 3.05) is 25.1 Å². The van der Waals surface area contributed by atoms with Crippen LogP contribution < -0.4 is 10.1 Å². The summed E-state index contributed by atoms with van der Waals surface area (Å²) >= 11 is 0. The summed E-state index contributed by atoms with van der Waals surface area (Å²) in [5.41, 5.74) is 3.42. The molecular weight excluding hydrogens is 524 g/mol. The van der Waals surface area contributed by atoms with Crippen LogP contribution >= 0.6 is 0 Å².